The van der Waals surface area contributed by atoms with Gasteiger partial charge in [0.25, 0.3) is 0 Å². The van der Waals surface area contributed by atoms with Gasteiger partial charge in [0.1, 0.15) is 5.75 Å². The molecule has 1 heterocycles. The summed E-state index contributed by atoms with van der Waals surface area (Å²) in [6, 6.07) is 8.35. The fourth-order valence-electron chi connectivity index (χ4n) is 2.28. The van der Waals surface area contributed by atoms with Gasteiger partial charge in [0.15, 0.2) is 0 Å². The third-order valence-corrected chi connectivity index (χ3v) is 3.27. The highest BCUT2D eigenvalue weighted by Gasteiger charge is 2.15. The SMILES string of the molecule is CCC(Nc1cn(C)nc1C)c1ccccc1OC. The fourth-order valence-corrected chi connectivity index (χ4v) is 2.28. The summed E-state index contributed by atoms with van der Waals surface area (Å²) in [5, 5.41) is 7.90. The monoisotopic (exact) mass is 259 g/mol. The second-order valence-electron chi connectivity index (χ2n) is 4.65. The second kappa shape index (κ2) is 5.78. The highest BCUT2D eigenvalue weighted by Crippen LogP contribution is 2.30. The van der Waals surface area contributed by atoms with Crippen LogP contribution in [0.5, 0.6) is 5.75 Å². The van der Waals surface area contributed by atoms with Crippen molar-refractivity contribution in [2.45, 2.75) is 26.3 Å². The molecule has 102 valence electrons. The molecule has 2 rings (SSSR count). The molecule has 0 aliphatic rings. The van der Waals surface area contributed by atoms with Gasteiger partial charge in [-0.3, -0.25) is 4.68 Å². The molecule has 0 bridgehead atoms. The van der Waals surface area contributed by atoms with Crippen LogP contribution in [-0.4, -0.2) is 16.9 Å². The zero-order valence-electron chi connectivity index (χ0n) is 12.0. The average molecular weight is 259 g/mol. The Kier molecular flexibility index (Phi) is 4.10. The number of methoxy groups -OCH3 is 1. The first kappa shape index (κ1) is 13.5. The zero-order valence-corrected chi connectivity index (χ0v) is 12.0. The van der Waals surface area contributed by atoms with Crippen molar-refractivity contribution in [3.05, 3.63) is 41.7 Å². The number of aryl methyl sites for hydroxylation is 2. The third-order valence-electron chi connectivity index (χ3n) is 3.27. The number of para-hydroxylation sites is 1. The summed E-state index contributed by atoms with van der Waals surface area (Å²) in [4.78, 5) is 0. The Morgan fingerprint density at radius 2 is 2.11 bits per heavy atom. The van der Waals surface area contributed by atoms with Crippen molar-refractivity contribution < 1.29 is 4.74 Å². The smallest absolute Gasteiger partial charge is 0.124 e. The summed E-state index contributed by atoms with van der Waals surface area (Å²) < 4.78 is 7.27. The lowest BCUT2D eigenvalue weighted by molar-refractivity contribution is 0.406. The van der Waals surface area contributed by atoms with Gasteiger partial charge in [-0.05, 0) is 19.4 Å². The maximum Gasteiger partial charge on any atom is 0.124 e. The maximum atomic E-state index is 5.44. The molecule has 4 heteroatoms. The molecule has 1 atom stereocenters. The molecule has 0 spiro atoms. The number of hydrogen-bond donors (Lipinski definition) is 1. The molecule has 2 aromatic rings. The Bertz CT molecular complexity index is 548. The summed E-state index contributed by atoms with van der Waals surface area (Å²) in [6.45, 7) is 4.17. The number of aromatic nitrogens is 2. The Morgan fingerprint density at radius 3 is 2.68 bits per heavy atom. The normalized spacial score (nSPS) is 12.2. The number of ether oxygens (including phenoxy) is 1. The lowest BCUT2D eigenvalue weighted by Gasteiger charge is -2.20. The fraction of sp³-hybridized carbons (Fsp3) is 0.400. The highest BCUT2D eigenvalue weighted by atomic mass is 16.5. The van der Waals surface area contributed by atoms with Gasteiger partial charge in [0.05, 0.1) is 24.5 Å². The number of benzene rings is 1. The van der Waals surface area contributed by atoms with Crippen molar-refractivity contribution in [3.63, 3.8) is 0 Å². The van der Waals surface area contributed by atoms with Crippen LogP contribution in [0.2, 0.25) is 0 Å². The first-order valence-electron chi connectivity index (χ1n) is 6.55. The molecule has 1 N–H and O–H groups in total. The lowest BCUT2D eigenvalue weighted by Crippen LogP contribution is -2.11. The van der Waals surface area contributed by atoms with E-state index < -0.39 is 0 Å². The molecule has 1 aromatic heterocycles. The Hall–Kier alpha value is -1.97. The van der Waals surface area contributed by atoms with E-state index in [-0.39, 0.29) is 6.04 Å². The molecule has 1 unspecified atom stereocenters. The maximum absolute atomic E-state index is 5.44. The van der Waals surface area contributed by atoms with Crippen LogP contribution in [0.1, 0.15) is 30.6 Å². The highest BCUT2D eigenvalue weighted by molar-refractivity contribution is 5.49. The molecule has 0 saturated carbocycles. The Morgan fingerprint density at radius 1 is 1.37 bits per heavy atom. The quantitative estimate of drug-likeness (QED) is 0.895. The first-order valence-corrected chi connectivity index (χ1v) is 6.55. The van der Waals surface area contributed by atoms with E-state index in [4.69, 9.17) is 4.74 Å². The lowest BCUT2D eigenvalue weighted by atomic mass is 10.0. The molecule has 19 heavy (non-hydrogen) atoms. The minimum atomic E-state index is 0.221. The van der Waals surface area contributed by atoms with E-state index in [1.54, 1.807) is 7.11 Å². The average Bonchev–Trinajstić information content (AvgIpc) is 2.74. The van der Waals surface area contributed by atoms with Gasteiger partial charge in [-0.2, -0.15) is 5.10 Å². The van der Waals surface area contributed by atoms with Gasteiger partial charge < -0.3 is 10.1 Å². The molecule has 0 saturated heterocycles. The number of nitrogens with zero attached hydrogens (tertiary/aromatic N) is 2. The van der Waals surface area contributed by atoms with Gasteiger partial charge in [0.2, 0.25) is 0 Å². The molecule has 0 amide bonds. The Balaban J connectivity index is 2.27. The predicted octanol–water partition coefficient (Wildman–Crippen LogP) is 3.30. The number of rotatable bonds is 5. The third kappa shape index (κ3) is 2.89. The van der Waals surface area contributed by atoms with Crippen molar-refractivity contribution in [2.75, 3.05) is 12.4 Å². The summed E-state index contributed by atoms with van der Waals surface area (Å²) >= 11 is 0. The molecule has 4 nitrogen and oxygen atoms in total. The van der Waals surface area contributed by atoms with Crippen LogP contribution in [0, 0.1) is 6.92 Å². The van der Waals surface area contributed by atoms with Crippen molar-refractivity contribution in [1.29, 1.82) is 0 Å². The minimum Gasteiger partial charge on any atom is -0.496 e. The summed E-state index contributed by atoms with van der Waals surface area (Å²) in [5.41, 5.74) is 3.26. The van der Waals surface area contributed by atoms with E-state index in [2.05, 4.69) is 23.4 Å². The van der Waals surface area contributed by atoms with Crippen LogP contribution in [0.25, 0.3) is 0 Å². The minimum absolute atomic E-state index is 0.221. The topological polar surface area (TPSA) is 39.1 Å². The van der Waals surface area contributed by atoms with E-state index in [1.807, 2.05) is 43.0 Å². The molecular weight excluding hydrogens is 238 g/mol. The Labute approximate surface area is 114 Å². The number of nitrogens with one attached hydrogen (secondary N) is 1. The standard InChI is InChI=1S/C15H21N3O/c1-5-13(12-8-6-7-9-15(12)19-4)16-14-10-18(3)17-11(14)2/h6-10,13,16H,5H2,1-4H3. The van der Waals surface area contributed by atoms with Crippen molar-refractivity contribution in [3.8, 4) is 5.75 Å². The van der Waals surface area contributed by atoms with Gasteiger partial charge in [-0.15, -0.1) is 0 Å². The van der Waals surface area contributed by atoms with Gasteiger partial charge in [-0.25, -0.2) is 0 Å². The van der Waals surface area contributed by atoms with Gasteiger partial charge in [0, 0.05) is 18.8 Å². The van der Waals surface area contributed by atoms with Gasteiger partial charge >= 0.3 is 0 Å². The van der Waals surface area contributed by atoms with Crippen LogP contribution < -0.4 is 10.1 Å². The predicted molar refractivity (Wildman–Crippen MR) is 77.6 cm³/mol. The van der Waals surface area contributed by atoms with Crippen LogP contribution in [0.3, 0.4) is 0 Å². The molecule has 0 aliphatic heterocycles. The summed E-state index contributed by atoms with van der Waals surface area (Å²) in [5.74, 6) is 0.920. The number of anilines is 1. The van der Waals surface area contributed by atoms with Crippen molar-refractivity contribution >= 4 is 5.69 Å². The van der Waals surface area contributed by atoms with E-state index >= 15 is 0 Å². The number of hydrogen-bond acceptors (Lipinski definition) is 3. The van der Waals surface area contributed by atoms with Crippen LogP contribution in [0.4, 0.5) is 5.69 Å². The first-order chi connectivity index (χ1) is 9.15. The van der Waals surface area contributed by atoms with Crippen molar-refractivity contribution in [1.82, 2.24) is 9.78 Å². The van der Waals surface area contributed by atoms with Crippen molar-refractivity contribution in [2.24, 2.45) is 7.05 Å². The zero-order chi connectivity index (χ0) is 13.8. The molecule has 0 aliphatic carbocycles. The van der Waals surface area contributed by atoms with Crippen LogP contribution in [-0.2, 0) is 7.05 Å². The van der Waals surface area contributed by atoms with Gasteiger partial charge in [-0.1, -0.05) is 25.1 Å². The molecule has 1 aromatic carbocycles. The second-order valence-corrected chi connectivity index (χ2v) is 4.65. The largest absolute Gasteiger partial charge is 0.496 e. The van der Waals surface area contributed by atoms with E-state index in [9.17, 15) is 0 Å². The van der Waals surface area contributed by atoms with Crippen LogP contribution >= 0.6 is 0 Å². The summed E-state index contributed by atoms with van der Waals surface area (Å²) in [7, 11) is 3.64. The molecular formula is C15H21N3O. The molecule has 0 radical (unpaired) electrons. The van der Waals surface area contributed by atoms with Crippen LogP contribution in [0.15, 0.2) is 30.5 Å². The molecule has 0 fully saturated rings. The summed E-state index contributed by atoms with van der Waals surface area (Å²) in [6.07, 6.45) is 2.99. The van der Waals surface area contributed by atoms with E-state index in [1.165, 1.54) is 5.56 Å². The van der Waals surface area contributed by atoms with E-state index in [0.29, 0.717) is 0 Å². The van der Waals surface area contributed by atoms with E-state index in [0.717, 1.165) is 23.6 Å².